The molecule has 2 heterocycles. The van der Waals surface area contributed by atoms with Crippen LogP contribution in [0.2, 0.25) is 0 Å². The Morgan fingerprint density at radius 3 is 2.75 bits per heavy atom. The minimum absolute atomic E-state index is 0.0521. The Labute approximate surface area is 93.2 Å². The van der Waals surface area contributed by atoms with Crippen LogP contribution in [0.4, 0.5) is 0 Å². The Morgan fingerprint density at radius 2 is 2.06 bits per heavy atom. The first-order chi connectivity index (χ1) is 7.50. The maximum Gasteiger partial charge on any atom is 0.257 e. The van der Waals surface area contributed by atoms with Crippen molar-refractivity contribution in [2.75, 3.05) is 0 Å². The molecule has 0 aromatic rings. The molecule has 1 N–H and O–H groups in total. The van der Waals surface area contributed by atoms with Crippen LogP contribution in [0.5, 0.6) is 0 Å². The summed E-state index contributed by atoms with van der Waals surface area (Å²) in [6.07, 6.45) is 2.47. The van der Waals surface area contributed by atoms with Crippen molar-refractivity contribution in [3.63, 3.8) is 0 Å². The van der Waals surface area contributed by atoms with E-state index in [1.165, 1.54) is 12.7 Å². The lowest BCUT2D eigenvalue weighted by atomic mass is 10.3. The second kappa shape index (κ2) is 3.87. The van der Waals surface area contributed by atoms with Crippen molar-refractivity contribution < 1.29 is 8.42 Å². The van der Waals surface area contributed by atoms with E-state index in [4.69, 9.17) is 0 Å². The topological polar surface area (TPSA) is 95.6 Å². The Morgan fingerprint density at radius 1 is 1.31 bits per heavy atom. The van der Waals surface area contributed by atoms with Gasteiger partial charge in [0.1, 0.15) is 12.7 Å². The largest absolute Gasteiger partial charge is 0.257 e. The number of nitrogens with zero attached hydrogens (tertiary/aromatic N) is 4. The summed E-state index contributed by atoms with van der Waals surface area (Å²) in [4.78, 5) is 15.4. The van der Waals surface area contributed by atoms with Crippen LogP contribution < -0.4 is 4.72 Å². The van der Waals surface area contributed by atoms with Gasteiger partial charge in [-0.25, -0.2) is 28.1 Å². The number of aliphatic imine (C=N–C) groups is 4. The molecule has 0 amide bonds. The van der Waals surface area contributed by atoms with E-state index in [2.05, 4.69) is 24.7 Å². The Bertz CT molecular complexity index is 515. The van der Waals surface area contributed by atoms with Gasteiger partial charge in [0.05, 0.1) is 0 Å². The third-order valence-electron chi connectivity index (χ3n) is 1.93. The highest BCUT2D eigenvalue weighted by molar-refractivity contribution is 8.05. The molecular weight excluding hydrogens is 230 g/mol. The van der Waals surface area contributed by atoms with E-state index in [-0.39, 0.29) is 11.1 Å². The summed E-state index contributed by atoms with van der Waals surface area (Å²) >= 11 is 0. The lowest BCUT2D eigenvalue weighted by Gasteiger charge is -2.16. The number of nitrogens with one attached hydrogen (secondary N) is 1. The van der Waals surface area contributed by atoms with E-state index < -0.39 is 16.1 Å². The minimum atomic E-state index is -3.62. The summed E-state index contributed by atoms with van der Waals surface area (Å²) in [6, 6.07) is -0.890. The molecule has 2 rings (SSSR count). The van der Waals surface area contributed by atoms with Crippen molar-refractivity contribution in [3.05, 3.63) is 0 Å². The van der Waals surface area contributed by atoms with Gasteiger partial charge in [-0.15, -0.1) is 0 Å². The maximum absolute atomic E-state index is 11.9. The Hall–Kier alpha value is -1.41. The molecule has 0 aliphatic carbocycles. The molecule has 0 bridgehead atoms. The average Bonchev–Trinajstić information content (AvgIpc) is 2.62. The van der Waals surface area contributed by atoms with E-state index >= 15 is 0 Å². The number of sulfonamides is 1. The first-order valence-corrected chi connectivity index (χ1v) is 6.21. The summed E-state index contributed by atoms with van der Waals surface area (Å²) in [5.41, 5.74) is 0. The first-order valence-electron chi connectivity index (χ1n) is 4.72. The zero-order chi connectivity index (χ0) is 11.8. The molecule has 2 aliphatic heterocycles. The van der Waals surface area contributed by atoms with Crippen molar-refractivity contribution in [1.82, 2.24) is 4.72 Å². The van der Waals surface area contributed by atoms with Gasteiger partial charge in [0.25, 0.3) is 10.0 Å². The monoisotopic (exact) mass is 241 g/mol. The molecule has 0 radical (unpaired) electrons. The molecule has 16 heavy (non-hydrogen) atoms. The van der Waals surface area contributed by atoms with Crippen LogP contribution in [-0.2, 0) is 10.0 Å². The van der Waals surface area contributed by atoms with Crippen molar-refractivity contribution in [2.24, 2.45) is 20.0 Å². The number of amidine groups is 1. The van der Waals surface area contributed by atoms with Gasteiger partial charge in [-0.3, -0.25) is 4.99 Å². The fourth-order valence-corrected chi connectivity index (χ4v) is 2.76. The summed E-state index contributed by atoms with van der Waals surface area (Å²) in [5.74, 6) is 0.360. The molecule has 86 valence electrons. The van der Waals surface area contributed by atoms with E-state index in [0.29, 0.717) is 5.84 Å². The van der Waals surface area contributed by atoms with Crippen LogP contribution in [-0.4, -0.2) is 44.1 Å². The molecule has 2 aliphatic rings. The van der Waals surface area contributed by atoms with Crippen LogP contribution in [0, 0.1) is 0 Å². The molecule has 0 fully saturated rings. The van der Waals surface area contributed by atoms with E-state index in [1.54, 1.807) is 13.8 Å². The first kappa shape index (κ1) is 11.1. The van der Waals surface area contributed by atoms with Crippen LogP contribution >= 0.6 is 0 Å². The number of hydrogen-bond acceptors (Lipinski definition) is 6. The molecule has 0 spiro atoms. The fraction of sp³-hybridized carbons (Fsp3) is 0.500. The van der Waals surface area contributed by atoms with Gasteiger partial charge in [-0.05, 0) is 13.8 Å². The number of rotatable bonds is 2. The minimum Gasteiger partial charge on any atom is -0.255 e. The third kappa shape index (κ3) is 1.93. The van der Waals surface area contributed by atoms with Gasteiger partial charge in [-0.1, -0.05) is 0 Å². The Kier molecular flexibility index (Phi) is 2.68. The highest BCUT2D eigenvalue weighted by atomic mass is 32.2. The zero-order valence-electron chi connectivity index (χ0n) is 8.82. The van der Waals surface area contributed by atoms with Crippen LogP contribution in [0.25, 0.3) is 0 Å². The summed E-state index contributed by atoms with van der Waals surface area (Å²) in [5, 5.41) is -0.0521. The van der Waals surface area contributed by atoms with Gasteiger partial charge in [-0.2, -0.15) is 0 Å². The summed E-state index contributed by atoms with van der Waals surface area (Å²) in [6.45, 7) is 3.48. The van der Waals surface area contributed by atoms with Crippen LogP contribution in [0.1, 0.15) is 13.8 Å². The molecule has 1 atom stereocenters. The summed E-state index contributed by atoms with van der Waals surface area (Å²) in [7, 11) is -3.62. The number of hydrogen-bond donors (Lipinski definition) is 1. The Balaban J connectivity index is 2.34. The van der Waals surface area contributed by atoms with Crippen LogP contribution in [0.3, 0.4) is 0 Å². The normalized spacial score (nSPS) is 23.3. The smallest absolute Gasteiger partial charge is 0.255 e. The highest BCUT2D eigenvalue weighted by Crippen LogP contribution is 2.13. The average molecular weight is 241 g/mol. The molecule has 0 saturated heterocycles. The number of fused-ring (bicyclic) bond motifs is 1. The van der Waals surface area contributed by atoms with Gasteiger partial charge < -0.3 is 0 Å². The van der Waals surface area contributed by atoms with Crippen molar-refractivity contribution in [2.45, 2.75) is 25.9 Å². The third-order valence-corrected chi connectivity index (χ3v) is 3.59. The molecule has 0 aromatic carbocycles. The predicted molar refractivity (Wildman–Crippen MR) is 62.8 cm³/mol. The maximum atomic E-state index is 11.9. The van der Waals surface area contributed by atoms with Gasteiger partial charge in [0.15, 0.2) is 16.9 Å². The molecule has 7 nitrogen and oxygen atoms in total. The van der Waals surface area contributed by atoms with Gasteiger partial charge >= 0.3 is 0 Å². The van der Waals surface area contributed by atoms with E-state index in [0.717, 1.165) is 0 Å². The predicted octanol–water partition coefficient (Wildman–Crippen LogP) is -0.436. The second-order valence-corrected chi connectivity index (χ2v) is 5.30. The second-order valence-electron chi connectivity index (χ2n) is 3.64. The van der Waals surface area contributed by atoms with Crippen molar-refractivity contribution >= 4 is 33.6 Å². The van der Waals surface area contributed by atoms with Gasteiger partial charge in [0.2, 0.25) is 0 Å². The lowest BCUT2D eigenvalue weighted by molar-refractivity contribution is 0.581. The van der Waals surface area contributed by atoms with Crippen molar-refractivity contribution in [3.8, 4) is 0 Å². The summed E-state index contributed by atoms with van der Waals surface area (Å²) < 4.78 is 26.3. The lowest BCUT2D eigenvalue weighted by Crippen LogP contribution is -2.43. The van der Waals surface area contributed by atoms with Crippen LogP contribution in [0.15, 0.2) is 20.0 Å². The fourth-order valence-electron chi connectivity index (χ4n) is 1.38. The van der Waals surface area contributed by atoms with Gasteiger partial charge in [0, 0.05) is 6.04 Å². The molecule has 0 saturated carbocycles. The molecule has 1 unspecified atom stereocenters. The highest BCUT2D eigenvalue weighted by Gasteiger charge is 2.35. The van der Waals surface area contributed by atoms with E-state index in [1.807, 2.05) is 0 Å². The SMILES string of the molecule is CC(C)NS(=O)(=O)C1=NC=NC2=NC=NC21. The quantitative estimate of drug-likeness (QED) is 0.709. The van der Waals surface area contributed by atoms with Crippen molar-refractivity contribution in [1.29, 1.82) is 0 Å². The molecule has 8 heteroatoms. The van der Waals surface area contributed by atoms with E-state index in [9.17, 15) is 8.42 Å². The standard InChI is InChI=1S/C8H11N5O2S/c1-5(2)13-16(14,15)8-6-7(10-3-9-6)11-4-12-8/h3-6,13H,1-2H3. The molecule has 0 aromatic heterocycles. The zero-order valence-corrected chi connectivity index (χ0v) is 9.64. The molecular formula is C8H11N5O2S.